The highest BCUT2D eigenvalue weighted by atomic mass is 16.4. The Balaban J connectivity index is 1.84. The molecule has 1 fully saturated rings. The van der Waals surface area contributed by atoms with Crippen molar-refractivity contribution in [3.63, 3.8) is 0 Å². The smallest absolute Gasteiger partial charge is 0.323 e. The number of carbonyl (C=O) groups is 2. The van der Waals surface area contributed by atoms with Gasteiger partial charge >= 0.3 is 5.97 Å². The molecule has 22 heavy (non-hydrogen) atoms. The van der Waals surface area contributed by atoms with Crippen LogP contribution in [0.4, 0.5) is 0 Å². The molecule has 1 aromatic carbocycles. The van der Waals surface area contributed by atoms with Crippen molar-refractivity contribution < 1.29 is 14.7 Å². The van der Waals surface area contributed by atoms with Crippen LogP contribution in [0.1, 0.15) is 44.2 Å². The lowest BCUT2D eigenvalue weighted by Crippen LogP contribution is -2.43. The summed E-state index contributed by atoms with van der Waals surface area (Å²) in [5, 5.41) is 9.05. The van der Waals surface area contributed by atoms with E-state index in [1.54, 1.807) is 0 Å². The fourth-order valence-electron chi connectivity index (χ4n) is 4.02. The van der Waals surface area contributed by atoms with E-state index in [1.165, 1.54) is 16.0 Å². The van der Waals surface area contributed by atoms with Crippen molar-refractivity contribution in [1.29, 1.82) is 0 Å². The lowest BCUT2D eigenvalue weighted by Gasteiger charge is -2.29. The molecule has 2 unspecified atom stereocenters. The molecule has 118 valence electrons. The van der Waals surface area contributed by atoms with Crippen molar-refractivity contribution in [3.8, 4) is 0 Å². The van der Waals surface area contributed by atoms with Gasteiger partial charge < -0.3 is 10.0 Å². The SMILES string of the molecule is CC(C)N(CC(=O)O)C(=O)C1CC12CCCc1ccccc12. The summed E-state index contributed by atoms with van der Waals surface area (Å²) in [7, 11) is 0. The summed E-state index contributed by atoms with van der Waals surface area (Å²) in [6, 6.07) is 8.33. The zero-order valence-corrected chi connectivity index (χ0v) is 13.2. The van der Waals surface area contributed by atoms with Crippen molar-refractivity contribution in [2.75, 3.05) is 6.54 Å². The summed E-state index contributed by atoms with van der Waals surface area (Å²) in [5.74, 6) is -0.981. The molecular formula is C18H23NO3. The van der Waals surface area contributed by atoms with Crippen LogP contribution >= 0.6 is 0 Å². The summed E-state index contributed by atoms with van der Waals surface area (Å²) < 4.78 is 0. The van der Waals surface area contributed by atoms with Gasteiger partial charge in [-0.05, 0) is 50.7 Å². The molecule has 1 saturated carbocycles. The minimum atomic E-state index is -0.944. The van der Waals surface area contributed by atoms with Crippen molar-refractivity contribution in [1.82, 2.24) is 4.90 Å². The number of fused-ring (bicyclic) bond motifs is 2. The van der Waals surface area contributed by atoms with E-state index in [2.05, 4.69) is 18.2 Å². The van der Waals surface area contributed by atoms with Gasteiger partial charge in [-0.25, -0.2) is 0 Å². The summed E-state index contributed by atoms with van der Waals surface area (Å²) >= 11 is 0. The average molecular weight is 301 g/mol. The largest absolute Gasteiger partial charge is 0.480 e. The highest BCUT2D eigenvalue weighted by Crippen LogP contribution is 2.60. The molecule has 1 amide bonds. The van der Waals surface area contributed by atoms with Crippen molar-refractivity contribution >= 4 is 11.9 Å². The number of aliphatic carboxylic acids is 1. The molecule has 0 aromatic heterocycles. The normalized spacial score (nSPS) is 25.9. The Bertz CT molecular complexity index is 610. The zero-order valence-electron chi connectivity index (χ0n) is 13.2. The second-order valence-corrected chi connectivity index (χ2v) is 6.88. The number of carboxylic acid groups (broad SMARTS) is 1. The molecule has 2 aliphatic carbocycles. The van der Waals surface area contributed by atoms with E-state index >= 15 is 0 Å². The molecule has 3 rings (SSSR count). The molecule has 0 radical (unpaired) electrons. The Morgan fingerprint density at radius 3 is 2.77 bits per heavy atom. The highest BCUT2D eigenvalue weighted by Gasteiger charge is 2.61. The van der Waals surface area contributed by atoms with Gasteiger partial charge in [0.15, 0.2) is 0 Å². The minimum absolute atomic E-state index is 0.00843. The van der Waals surface area contributed by atoms with Gasteiger partial charge in [0.05, 0.1) is 0 Å². The standard InChI is InChI=1S/C18H23NO3/c1-12(2)19(11-16(20)21)17(22)15-10-18(15)9-5-7-13-6-3-4-8-14(13)18/h3-4,6,8,12,15H,5,7,9-11H2,1-2H3,(H,20,21). The molecule has 1 spiro atoms. The van der Waals surface area contributed by atoms with Crippen LogP contribution in [0.5, 0.6) is 0 Å². The van der Waals surface area contributed by atoms with E-state index in [1.807, 2.05) is 19.9 Å². The predicted molar refractivity (Wildman–Crippen MR) is 83.6 cm³/mol. The van der Waals surface area contributed by atoms with E-state index in [9.17, 15) is 9.59 Å². The Morgan fingerprint density at radius 2 is 2.09 bits per heavy atom. The van der Waals surface area contributed by atoms with Gasteiger partial charge in [0.25, 0.3) is 0 Å². The van der Waals surface area contributed by atoms with Gasteiger partial charge in [-0.15, -0.1) is 0 Å². The molecular weight excluding hydrogens is 278 g/mol. The summed E-state index contributed by atoms with van der Waals surface area (Å²) in [6.45, 7) is 3.56. The Labute approximate surface area is 131 Å². The molecule has 1 aromatic rings. The summed E-state index contributed by atoms with van der Waals surface area (Å²) in [4.78, 5) is 25.4. The monoisotopic (exact) mass is 301 g/mol. The Kier molecular flexibility index (Phi) is 3.71. The van der Waals surface area contributed by atoms with Crippen molar-refractivity contribution in [2.24, 2.45) is 5.92 Å². The zero-order chi connectivity index (χ0) is 15.9. The maximum Gasteiger partial charge on any atom is 0.323 e. The van der Waals surface area contributed by atoms with Crippen LogP contribution in [0.25, 0.3) is 0 Å². The first-order valence-corrected chi connectivity index (χ1v) is 8.06. The third-order valence-electron chi connectivity index (χ3n) is 5.21. The first kappa shape index (κ1) is 15.1. The van der Waals surface area contributed by atoms with Gasteiger partial charge in [0.1, 0.15) is 6.54 Å². The lowest BCUT2D eigenvalue weighted by molar-refractivity contribution is -0.146. The maximum absolute atomic E-state index is 12.8. The highest BCUT2D eigenvalue weighted by molar-refractivity contribution is 5.87. The number of carbonyl (C=O) groups excluding carboxylic acids is 1. The Morgan fingerprint density at radius 1 is 1.36 bits per heavy atom. The van der Waals surface area contributed by atoms with Gasteiger partial charge in [0.2, 0.25) is 5.91 Å². The van der Waals surface area contributed by atoms with Crippen LogP contribution in [0.15, 0.2) is 24.3 Å². The summed E-state index contributed by atoms with van der Waals surface area (Å²) in [5.41, 5.74) is 2.65. The van der Waals surface area contributed by atoms with Crippen LogP contribution in [0, 0.1) is 5.92 Å². The van der Waals surface area contributed by atoms with E-state index in [0.29, 0.717) is 0 Å². The fourth-order valence-corrected chi connectivity index (χ4v) is 4.02. The fraction of sp³-hybridized carbons (Fsp3) is 0.556. The summed E-state index contributed by atoms with van der Waals surface area (Å²) in [6.07, 6.45) is 4.11. The average Bonchev–Trinajstić information content (AvgIpc) is 3.19. The number of amides is 1. The number of hydrogen-bond acceptors (Lipinski definition) is 2. The first-order valence-electron chi connectivity index (χ1n) is 8.06. The van der Waals surface area contributed by atoms with Crippen LogP contribution in [-0.2, 0) is 21.4 Å². The molecule has 4 heteroatoms. The van der Waals surface area contributed by atoms with E-state index in [0.717, 1.165) is 25.7 Å². The van der Waals surface area contributed by atoms with E-state index in [-0.39, 0.29) is 29.8 Å². The molecule has 0 bridgehead atoms. The van der Waals surface area contributed by atoms with Crippen molar-refractivity contribution in [3.05, 3.63) is 35.4 Å². The van der Waals surface area contributed by atoms with Crippen LogP contribution in [-0.4, -0.2) is 34.5 Å². The first-order chi connectivity index (χ1) is 10.5. The van der Waals surface area contributed by atoms with Gasteiger partial charge in [-0.2, -0.15) is 0 Å². The minimum Gasteiger partial charge on any atom is -0.480 e. The number of rotatable bonds is 4. The number of carboxylic acids is 1. The molecule has 0 heterocycles. The topological polar surface area (TPSA) is 57.6 Å². The van der Waals surface area contributed by atoms with Crippen LogP contribution < -0.4 is 0 Å². The number of nitrogens with zero attached hydrogens (tertiary/aromatic N) is 1. The quantitative estimate of drug-likeness (QED) is 0.930. The number of aryl methyl sites for hydroxylation is 1. The number of hydrogen-bond donors (Lipinski definition) is 1. The van der Waals surface area contributed by atoms with Gasteiger partial charge in [-0.1, -0.05) is 24.3 Å². The predicted octanol–water partition coefficient (Wildman–Crippen LogP) is 2.60. The molecule has 1 N–H and O–H groups in total. The third-order valence-corrected chi connectivity index (χ3v) is 5.21. The molecule has 0 saturated heterocycles. The Hall–Kier alpha value is -1.84. The second-order valence-electron chi connectivity index (χ2n) is 6.88. The van der Waals surface area contributed by atoms with E-state index < -0.39 is 5.97 Å². The van der Waals surface area contributed by atoms with Crippen LogP contribution in [0.2, 0.25) is 0 Å². The molecule has 4 nitrogen and oxygen atoms in total. The van der Waals surface area contributed by atoms with Gasteiger partial charge in [0, 0.05) is 17.4 Å². The lowest BCUT2D eigenvalue weighted by atomic mass is 9.78. The molecule has 2 atom stereocenters. The maximum atomic E-state index is 12.8. The molecule has 0 aliphatic heterocycles. The number of benzene rings is 1. The second kappa shape index (κ2) is 5.41. The molecule has 2 aliphatic rings. The van der Waals surface area contributed by atoms with E-state index in [4.69, 9.17) is 5.11 Å². The van der Waals surface area contributed by atoms with Gasteiger partial charge in [-0.3, -0.25) is 9.59 Å². The third kappa shape index (κ3) is 2.40. The van der Waals surface area contributed by atoms with Crippen molar-refractivity contribution in [2.45, 2.75) is 51.0 Å². The van der Waals surface area contributed by atoms with Crippen LogP contribution in [0.3, 0.4) is 0 Å².